The van der Waals surface area contributed by atoms with E-state index in [-0.39, 0.29) is 18.7 Å². The van der Waals surface area contributed by atoms with Crippen LogP contribution in [0.25, 0.3) is 11.1 Å². The lowest BCUT2D eigenvalue weighted by molar-refractivity contribution is -0.143. The first-order valence-corrected chi connectivity index (χ1v) is 8.40. The van der Waals surface area contributed by atoms with Gasteiger partial charge in [0.25, 0.3) is 5.56 Å². The van der Waals surface area contributed by atoms with Crippen molar-refractivity contribution in [1.29, 1.82) is 0 Å². The predicted octanol–water partition coefficient (Wildman–Crippen LogP) is 3.34. The van der Waals surface area contributed by atoms with E-state index in [4.69, 9.17) is 21.1 Å². The summed E-state index contributed by atoms with van der Waals surface area (Å²) in [5.41, 5.74) is 1.78. The Morgan fingerprint density at radius 3 is 2.73 bits per heavy atom. The van der Waals surface area contributed by atoms with E-state index in [1.165, 1.54) is 23.9 Å². The summed E-state index contributed by atoms with van der Waals surface area (Å²) in [5.74, 6) is -0.0525. The van der Waals surface area contributed by atoms with Crippen molar-refractivity contribution in [3.8, 4) is 16.9 Å². The van der Waals surface area contributed by atoms with Gasteiger partial charge in [-0.1, -0.05) is 23.8 Å². The van der Waals surface area contributed by atoms with Crippen LogP contribution in [0.15, 0.2) is 47.4 Å². The van der Waals surface area contributed by atoms with Crippen molar-refractivity contribution in [2.24, 2.45) is 0 Å². The Labute approximate surface area is 157 Å². The Morgan fingerprint density at radius 1 is 1.31 bits per heavy atom. The largest absolute Gasteiger partial charge is 0.495 e. The first-order chi connectivity index (χ1) is 12.5. The van der Waals surface area contributed by atoms with Gasteiger partial charge in [-0.3, -0.25) is 9.59 Å². The molecule has 138 valence electrons. The summed E-state index contributed by atoms with van der Waals surface area (Å²) < 4.78 is 11.7. The number of ether oxygens (including phenoxy) is 2. The van der Waals surface area contributed by atoms with E-state index in [1.807, 2.05) is 13.0 Å². The number of hydrogen-bond acceptors (Lipinski definition) is 5. The molecule has 0 saturated carbocycles. The number of pyridine rings is 1. The van der Waals surface area contributed by atoms with Crippen molar-refractivity contribution in [1.82, 2.24) is 4.57 Å². The molecule has 0 unspecified atom stereocenters. The van der Waals surface area contributed by atoms with Crippen molar-refractivity contribution >= 4 is 23.3 Å². The minimum atomic E-state index is -0.501. The maximum Gasteiger partial charge on any atom is 0.326 e. The summed E-state index contributed by atoms with van der Waals surface area (Å²) in [7, 11) is 3.28. The number of esters is 1. The van der Waals surface area contributed by atoms with Gasteiger partial charge in [0.1, 0.15) is 18.9 Å². The second kappa shape index (κ2) is 9.10. The third kappa shape index (κ3) is 4.67. The average molecular weight is 377 g/mol. The Balaban J connectivity index is 2.40. The molecule has 7 heteroatoms. The van der Waals surface area contributed by atoms with E-state index < -0.39 is 5.97 Å². The topological polar surface area (TPSA) is 69.6 Å². The highest BCUT2D eigenvalue weighted by Crippen LogP contribution is 2.35. The first kappa shape index (κ1) is 19.6. The fourth-order valence-corrected chi connectivity index (χ4v) is 2.60. The molecular weight excluding hydrogens is 356 g/mol. The SMILES string of the molecule is C/C=C/COC(=O)Cn1cc(OC)c(-c2cc(Cl)ccc2NC)cc1=O. The molecule has 6 nitrogen and oxygen atoms in total. The number of rotatable bonds is 7. The van der Waals surface area contributed by atoms with Gasteiger partial charge in [-0.15, -0.1) is 0 Å². The van der Waals surface area contributed by atoms with E-state index in [1.54, 1.807) is 31.3 Å². The van der Waals surface area contributed by atoms with E-state index in [9.17, 15) is 9.59 Å². The zero-order valence-electron chi connectivity index (χ0n) is 14.9. The number of methoxy groups -OCH3 is 1. The van der Waals surface area contributed by atoms with Crippen LogP contribution in [0.2, 0.25) is 5.02 Å². The lowest BCUT2D eigenvalue weighted by atomic mass is 10.0. The van der Waals surface area contributed by atoms with Gasteiger partial charge in [-0.25, -0.2) is 0 Å². The fraction of sp³-hybridized carbons (Fsp3) is 0.263. The van der Waals surface area contributed by atoms with Gasteiger partial charge >= 0.3 is 5.97 Å². The maximum absolute atomic E-state index is 12.5. The number of halogens is 1. The van der Waals surface area contributed by atoms with E-state index >= 15 is 0 Å². The Kier molecular flexibility index (Phi) is 6.86. The normalized spacial score (nSPS) is 10.8. The second-order valence-corrected chi connectivity index (χ2v) is 5.85. The van der Waals surface area contributed by atoms with Crippen molar-refractivity contribution in [3.05, 3.63) is 58.0 Å². The van der Waals surface area contributed by atoms with Gasteiger partial charge in [0, 0.05) is 35.0 Å². The molecule has 0 radical (unpaired) electrons. The maximum atomic E-state index is 12.5. The minimum absolute atomic E-state index is 0.174. The molecule has 0 spiro atoms. The van der Waals surface area contributed by atoms with Gasteiger partial charge in [-0.05, 0) is 25.1 Å². The van der Waals surface area contributed by atoms with Crippen LogP contribution >= 0.6 is 11.6 Å². The summed E-state index contributed by atoms with van der Waals surface area (Å²) in [6.07, 6.45) is 4.99. The predicted molar refractivity (Wildman–Crippen MR) is 103 cm³/mol. The molecule has 0 aliphatic carbocycles. The molecule has 0 saturated heterocycles. The van der Waals surface area contributed by atoms with Crippen LogP contribution in [0.5, 0.6) is 5.75 Å². The van der Waals surface area contributed by atoms with Gasteiger partial charge in [0.05, 0.1) is 13.3 Å². The third-order valence-corrected chi connectivity index (χ3v) is 3.96. The zero-order valence-corrected chi connectivity index (χ0v) is 15.7. The Hall–Kier alpha value is -2.73. The molecule has 1 N–H and O–H groups in total. The standard InChI is InChI=1S/C19H21ClN2O4/c1-4-5-8-26-19(24)12-22-11-17(25-3)15(10-18(22)23)14-9-13(20)6-7-16(14)21-2/h4-7,9-11,21H,8,12H2,1-3H3/b5-4+. The molecule has 1 aromatic carbocycles. The summed E-state index contributed by atoms with van der Waals surface area (Å²) in [4.78, 5) is 24.3. The van der Waals surface area contributed by atoms with Crippen molar-refractivity contribution in [2.75, 3.05) is 26.1 Å². The van der Waals surface area contributed by atoms with Crippen LogP contribution in [0.4, 0.5) is 5.69 Å². The molecule has 26 heavy (non-hydrogen) atoms. The zero-order chi connectivity index (χ0) is 19.1. The smallest absolute Gasteiger partial charge is 0.326 e. The number of nitrogens with one attached hydrogen (secondary N) is 1. The molecule has 2 aromatic rings. The monoisotopic (exact) mass is 376 g/mol. The molecule has 1 aromatic heterocycles. The van der Waals surface area contributed by atoms with E-state index in [0.29, 0.717) is 16.3 Å². The molecular formula is C19H21ClN2O4. The molecule has 0 atom stereocenters. The lowest BCUT2D eigenvalue weighted by Crippen LogP contribution is -2.25. The summed E-state index contributed by atoms with van der Waals surface area (Å²) >= 11 is 6.10. The number of anilines is 1. The van der Waals surface area contributed by atoms with Gasteiger partial charge in [0.15, 0.2) is 0 Å². The highest BCUT2D eigenvalue weighted by atomic mass is 35.5. The minimum Gasteiger partial charge on any atom is -0.495 e. The number of benzene rings is 1. The molecule has 0 fully saturated rings. The van der Waals surface area contributed by atoms with Crippen LogP contribution in [0.3, 0.4) is 0 Å². The van der Waals surface area contributed by atoms with Crippen molar-refractivity contribution in [3.63, 3.8) is 0 Å². The van der Waals surface area contributed by atoms with Crippen molar-refractivity contribution in [2.45, 2.75) is 13.5 Å². The molecule has 0 aliphatic heterocycles. The Bertz CT molecular complexity index is 874. The lowest BCUT2D eigenvalue weighted by Gasteiger charge is -2.15. The highest BCUT2D eigenvalue weighted by molar-refractivity contribution is 6.31. The molecule has 0 bridgehead atoms. The number of carbonyl (C=O) groups is 1. The number of allylic oxidation sites excluding steroid dienone is 1. The second-order valence-electron chi connectivity index (χ2n) is 5.41. The Morgan fingerprint density at radius 2 is 2.08 bits per heavy atom. The molecule has 1 heterocycles. The van der Waals surface area contributed by atoms with Crippen LogP contribution in [0, 0.1) is 0 Å². The van der Waals surface area contributed by atoms with Crippen LogP contribution in [0.1, 0.15) is 6.92 Å². The number of carbonyl (C=O) groups excluding carboxylic acids is 1. The number of nitrogens with zero attached hydrogens (tertiary/aromatic N) is 1. The molecule has 0 aliphatic rings. The summed E-state index contributed by atoms with van der Waals surface area (Å²) in [6, 6.07) is 6.75. The number of aromatic nitrogens is 1. The van der Waals surface area contributed by atoms with Gasteiger partial charge in [-0.2, -0.15) is 0 Å². The third-order valence-electron chi connectivity index (χ3n) is 3.73. The highest BCUT2D eigenvalue weighted by Gasteiger charge is 2.15. The molecule has 2 rings (SSSR count). The average Bonchev–Trinajstić information content (AvgIpc) is 2.63. The van der Waals surface area contributed by atoms with Gasteiger partial charge < -0.3 is 19.4 Å². The van der Waals surface area contributed by atoms with Crippen LogP contribution in [-0.4, -0.2) is 31.3 Å². The summed E-state index contributed by atoms with van der Waals surface area (Å²) in [5, 5.41) is 3.60. The van der Waals surface area contributed by atoms with Crippen LogP contribution < -0.4 is 15.6 Å². The summed E-state index contributed by atoms with van der Waals surface area (Å²) in [6.45, 7) is 1.81. The van der Waals surface area contributed by atoms with E-state index in [2.05, 4.69) is 5.32 Å². The quantitative estimate of drug-likeness (QED) is 0.593. The van der Waals surface area contributed by atoms with Crippen molar-refractivity contribution < 1.29 is 14.3 Å². The van der Waals surface area contributed by atoms with Gasteiger partial charge in [0.2, 0.25) is 0 Å². The van der Waals surface area contributed by atoms with Crippen LogP contribution in [-0.2, 0) is 16.1 Å². The molecule has 0 amide bonds. The fourth-order valence-electron chi connectivity index (χ4n) is 2.43. The first-order valence-electron chi connectivity index (χ1n) is 8.03. The van der Waals surface area contributed by atoms with E-state index in [0.717, 1.165) is 11.3 Å². The number of hydrogen-bond donors (Lipinski definition) is 1.